The number of hydrogen-bond acceptors (Lipinski definition) is 8. The first-order valence-electron chi connectivity index (χ1n) is 14.8. The molecule has 1 aliphatic rings. The molecule has 2 rings (SSSR count). The molecule has 0 amide bonds. The van der Waals surface area contributed by atoms with Crippen LogP contribution in [0.25, 0.3) is 6.08 Å². The van der Waals surface area contributed by atoms with E-state index < -0.39 is 48.7 Å². The normalized spacial score (nSPS) is 25.2. The van der Waals surface area contributed by atoms with E-state index in [4.69, 9.17) is 9.15 Å². The van der Waals surface area contributed by atoms with E-state index in [9.17, 15) is 35.1 Å². The van der Waals surface area contributed by atoms with Gasteiger partial charge in [-0.15, -0.1) is 0 Å². The standard InChI is InChI=1S/C35H46O9/c1-6-22(2)17-24(4)19-26(34(40)41)18-23(3)15-13-11-9-7-8-10-12-14-16-27-20-25(5)29(35(42)43-27)33-32(39)31(38)30(37)28(21-36)44-33/h7-16,18-20,22,24,28,30-33,36-39H,6,17,21H2,1-5H3,(H,40,41)/b8-7+,11-9+,12-10+,15-13+,16-14+,23-18+,26-19-. The number of rotatable bonds is 14. The van der Waals surface area contributed by atoms with Crippen LogP contribution in [-0.4, -0.2) is 62.5 Å². The van der Waals surface area contributed by atoms with Crippen LogP contribution in [0, 0.1) is 18.8 Å². The van der Waals surface area contributed by atoms with Crippen LogP contribution in [0.2, 0.25) is 0 Å². The third-order valence-electron chi connectivity index (χ3n) is 7.35. The van der Waals surface area contributed by atoms with E-state index in [2.05, 4.69) is 13.8 Å². The lowest BCUT2D eigenvalue weighted by atomic mass is 9.90. The van der Waals surface area contributed by atoms with Crippen molar-refractivity contribution in [3.05, 3.63) is 111 Å². The molecule has 1 fully saturated rings. The smallest absolute Gasteiger partial charge is 0.342 e. The van der Waals surface area contributed by atoms with E-state index in [0.29, 0.717) is 17.1 Å². The van der Waals surface area contributed by atoms with Crippen LogP contribution >= 0.6 is 0 Å². The van der Waals surface area contributed by atoms with Crippen LogP contribution in [-0.2, 0) is 9.53 Å². The molecule has 2 heterocycles. The number of allylic oxidation sites excluding steroid dienone is 11. The minimum absolute atomic E-state index is 0.00880. The third kappa shape index (κ3) is 11.2. The van der Waals surface area contributed by atoms with Crippen LogP contribution in [0.1, 0.15) is 63.5 Å². The second-order valence-corrected chi connectivity index (χ2v) is 11.2. The van der Waals surface area contributed by atoms with E-state index in [1.807, 2.05) is 56.4 Å². The minimum atomic E-state index is -1.60. The first-order valence-corrected chi connectivity index (χ1v) is 14.8. The van der Waals surface area contributed by atoms with Crippen molar-refractivity contribution in [1.29, 1.82) is 0 Å². The summed E-state index contributed by atoms with van der Waals surface area (Å²) in [4.78, 5) is 24.3. The average molecular weight is 611 g/mol. The summed E-state index contributed by atoms with van der Waals surface area (Å²) in [6, 6.07) is 1.59. The van der Waals surface area contributed by atoms with Crippen LogP contribution in [0.5, 0.6) is 0 Å². The van der Waals surface area contributed by atoms with Crippen molar-refractivity contribution in [3.63, 3.8) is 0 Å². The first kappa shape index (κ1) is 36.6. The van der Waals surface area contributed by atoms with Crippen molar-refractivity contribution in [3.8, 4) is 0 Å². The second kappa shape index (κ2) is 18.3. The predicted octanol–water partition coefficient (Wildman–Crippen LogP) is 4.73. The van der Waals surface area contributed by atoms with Gasteiger partial charge < -0.3 is 34.7 Å². The molecule has 1 aliphatic heterocycles. The fourth-order valence-electron chi connectivity index (χ4n) is 4.80. The molecule has 240 valence electrons. The monoisotopic (exact) mass is 610 g/mol. The van der Waals surface area contributed by atoms with Gasteiger partial charge in [-0.3, -0.25) is 0 Å². The Morgan fingerprint density at radius 2 is 1.59 bits per heavy atom. The van der Waals surface area contributed by atoms with Crippen molar-refractivity contribution in [2.45, 2.75) is 78.0 Å². The molecule has 0 aliphatic carbocycles. The van der Waals surface area contributed by atoms with Crippen molar-refractivity contribution >= 4 is 12.0 Å². The van der Waals surface area contributed by atoms with E-state index >= 15 is 0 Å². The number of aliphatic hydroxyl groups is 4. The van der Waals surface area contributed by atoms with Gasteiger partial charge in [0.05, 0.1) is 17.7 Å². The first-order chi connectivity index (χ1) is 20.9. The largest absolute Gasteiger partial charge is 0.478 e. The number of carboxylic acid groups (broad SMARTS) is 1. The van der Waals surface area contributed by atoms with Gasteiger partial charge in [0.15, 0.2) is 0 Å². The van der Waals surface area contributed by atoms with Gasteiger partial charge in [-0.25, -0.2) is 9.59 Å². The van der Waals surface area contributed by atoms with Crippen LogP contribution in [0.4, 0.5) is 0 Å². The Hall–Kier alpha value is -3.60. The summed E-state index contributed by atoms with van der Waals surface area (Å²) >= 11 is 0. The Morgan fingerprint density at radius 1 is 0.977 bits per heavy atom. The molecule has 0 radical (unpaired) electrons. The van der Waals surface area contributed by atoms with Gasteiger partial charge in [0, 0.05) is 0 Å². The molecular formula is C35H46O9. The number of carboxylic acids is 1. The number of aliphatic carboxylic acids is 1. The number of hydrogen-bond donors (Lipinski definition) is 5. The summed E-state index contributed by atoms with van der Waals surface area (Å²) < 4.78 is 10.8. The number of aliphatic hydroxyl groups excluding tert-OH is 4. The lowest BCUT2D eigenvalue weighted by molar-refractivity contribution is -0.232. The lowest BCUT2D eigenvalue weighted by Gasteiger charge is -2.40. The van der Waals surface area contributed by atoms with Gasteiger partial charge in [0.2, 0.25) is 0 Å². The van der Waals surface area contributed by atoms with E-state index in [0.717, 1.165) is 18.4 Å². The van der Waals surface area contributed by atoms with Crippen LogP contribution in [0.15, 0.2) is 93.3 Å². The molecule has 0 bridgehead atoms. The molecule has 0 aromatic carbocycles. The van der Waals surface area contributed by atoms with Gasteiger partial charge in [-0.2, -0.15) is 0 Å². The van der Waals surface area contributed by atoms with E-state index in [1.54, 1.807) is 43.4 Å². The minimum Gasteiger partial charge on any atom is -0.478 e. The summed E-state index contributed by atoms with van der Waals surface area (Å²) in [5.74, 6) is 0.0693. The Bertz CT molecular complexity index is 1360. The van der Waals surface area contributed by atoms with Crippen molar-refractivity contribution < 1.29 is 39.5 Å². The molecule has 44 heavy (non-hydrogen) atoms. The molecule has 1 aromatic rings. The van der Waals surface area contributed by atoms with Gasteiger partial charge in [0.25, 0.3) is 0 Å². The molecule has 7 atom stereocenters. The maximum Gasteiger partial charge on any atom is 0.342 e. The third-order valence-corrected chi connectivity index (χ3v) is 7.35. The topological polar surface area (TPSA) is 158 Å². The average Bonchev–Trinajstić information content (AvgIpc) is 2.97. The summed E-state index contributed by atoms with van der Waals surface area (Å²) in [6.45, 7) is 9.25. The van der Waals surface area contributed by atoms with Crippen LogP contribution in [0.3, 0.4) is 0 Å². The summed E-state index contributed by atoms with van der Waals surface area (Å²) in [5, 5.41) is 49.4. The fourth-order valence-corrected chi connectivity index (χ4v) is 4.80. The highest BCUT2D eigenvalue weighted by Gasteiger charge is 2.45. The predicted molar refractivity (Wildman–Crippen MR) is 171 cm³/mol. The maximum atomic E-state index is 12.7. The maximum absolute atomic E-state index is 12.7. The highest BCUT2D eigenvalue weighted by Crippen LogP contribution is 2.32. The molecule has 9 nitrogen and oxygen atoms in total. The number of aryl methyl sites for hydroxylation is 1. The summed E-state index contributed by atoms with van der Waals surface area (Å²) in [6.07, 6.45) is 16.2. The molecule has 7 unspecified atom stereocenters. The Morgan fingerprint density at radius 3 is 2.16 bits per heavy atom. The van der Waals surface area contributed by atoms with Gasteiger partial charge >= 0.3 is 11.6 Å². The molecule has 0 spiro atoms. The van der Waals surface area contributed by atoms with E-state index in [1.165, 1.54) is 0 Å². The zero-order chi connectivity index (χ0) is 32.8. The Balaban J connectivity index is 1.95. The van der Waals surface area contributed by atoms with Gasteiger partial charge in [-0.05, 0) is 55.9 Å². The van der Waals surface area contributed by atoms with Crippen molar-refractivity contribution in [2.75, 3.05) is 6.61 Å². The number of ether oxygens (including phenoxy) is 1. The summed E-state index contributed by atoms with van der Waals surface area (Å²) in [7, 11) is 0. The SMILES string of the molecule is CCC(C)CC(C)/C=C(/C=C(C)/C=C/C=C/C=C/C=C/C=C/c1cc(C)c(C2OC(CO)C(O)C(O)C2O)c(=O)o1)C(=O)O. The molecule has 1 saturated heterocycles. The highest BCUT2D eigenvalue weighted by molar-refractivity contribution is 5.90. The van der Waals surface area contributed by atoms with Crippen LogP contribution < -0.4 is 5.63 Å². The highest BCUT2D eigenvalue weighted by atomic mass is 16.5. The molecule has 9 heteroatoms. The lowest BCUT2D eigenvalue weighted by Crippen LogP contribution is -2.55. The quantitative estimate of drug-likeness (QED) is 0.148. The molecular weight excluding hydrogens is 564 g/mol. The Labute approximate surface area is 259 Å². The van der Waals surface area contributed by atoms with Gasteiger partial charge in [0.1, 0.15) is 36.3 Å². The zero-order valence-electron chi connectivity index (χ0n) is 26.0. The molecule has 0 saturated carbocycles. The molecule has 1 aromatic heterocycles. The second-order valence-electron chi connectivity index (χ2n) is 11.2. The molecule has 5 N–H and O–H groups in total. The Kier molecular flexibility index (Phi) is 15.2. The number of carbonyl (C=O) groups is 1. The van der Waals surface area contributed by atoms with E-state index in [-0.39, 0.29) is 17.2 Å². The van der Waals surface area contributed by atoms with Crippen molar-refractivity contribution in [1.82, 2.24) is 0 Å². The fraction of sp³-hybridized carbons (Fsp3) is 0.429. The van der Waals surface area contributed by atoms with Crippen molar-refractivity contribution in [2.24, 2.45) is 11.8 Å². The summed E-state index contributed by atoms with van der Waals surface area (Å²) in [5.41, 5.74) is 0.839. The van der Waals surface area contributed by atoms with Gasteiger partial charge in [-0.1, -0.05) is 93.5 Å². The zero-order valence-corrected chi connectivity index (χ0v) is 26.0.